The molecule has 2 saturated heterocycles. The minimum absolute atomic E-state index is 0.183. The fourth-order valence-electron chi connectivity index (χ4n) is 6.62. The number of nitrogens with one attached hydrogen (secondary N) is 1. The summed E-state index contributed by atoms with van der Waals surface area (Å²) in [6.07, 6.45) is 4.07. The first-order valence-electron chi connectivity index (χ1n) is 14.1. The number of anilines is 1. The highest BCUT2D eigenvalue weighted by atomic mass is 16.5. The standard InChI is InChI=1S/C31H35N7O/c1-21-30(36(2)35-34-21)24-18-28-29(33-20-24)26-19-25(37-14-12-32-13-15-37)8-9-27(26)38(28)31(22-6-4-3-5-7-22)23-10-16-39-17-11-23/h3-9,18-20,23,31-32H,10-17H2,1-2H3/t31-/m1/s1. The van der Waals surface area contributed by atoms with Crippen LogP contribution in [-0.2, 0) is 11.8 Å². The van der Waals surface area contributed by atoms with E-state index in [0.29, 0.717) is 5.92 Å². The number of fused-ring (bicyclic) bond motifs is 3. The van der Waals surface area contributed by atoms with Gasteiger partial charge in [0, 0.05) is 69.3 Å². The Morgan fingerprint density at radius 3 is 2.51 bits per heavy atom. The topological polar surface area (TPSA) is 73.0 Å². The smallest absolute Gasteiger partial charge is 0.0961 e. The quantitative estimate of drug-likeness (QED) is 0.361. The third-order valence-corrected chi connectivity index (χ3v) is 8.50. The molecule has 3 aromatic heterocycles. The van der Waals surface area contributed by atoms with Gasteiger partial charge in [-0.15, -0.1) is 5.10 Å². The summed E-state index contributed by atoms with van der Waals surface area (Å²) in [6.45, 7) is 7.69. The van der Waals surface area contributed by atoms with E-state index in [-0.39, 0.29) is 6.04 Å². The van der Waals surface area contributed by atoms with Crippen molar-refractivity contribution in [3.63, 3.8) is 0 Å². The molecule has 0 spiro atoms. The summed E-state index contributed by atoms with van der Waals surface area (Å²) >= 11 is 0. The Balaban J connectivity index is 1.49. The Labute approximate surface area is 228 Å². The minimum atomic E-state index is 0.183. The summed E-state index contributed by atoms with van der Waals surface area (Å²) in [7, 11) is 1.95. The number of ether oxygens (including phenoxy) is 1. The lowest BCUT2D eigenvalue weighted by atomic mass is 9.86. The zero-order chi connectivity index (χ0) is 26.3. The second-order valence-corrected chi connectivity index (χ2v) is 10.9. The summed E-state index contributed by atoms with van der Waals surface area (Å²) < 4.78 is 10.2. The summed E-state index contributed by atoms with van der Waals surface area (Å²) in [5.74, 6) is 0.469. The second kappa shape index (κ2) is 10.1. The van der Waals surface area contributed by atoms with E-state index in [9.17, 15) is 0 Å². The molecular weight excluding hydrogens is 486 g/mol. The highest BCUT2D eigenvalue weighted by Gasteiger charge is 2.30. The van der Waals surface area contributed by atoms with E-state index in [0.717, 1.165) is 80.2 Å². The van der Waals surface area contributed by atoms with Crippen LogP contribution in [0.25, 0.3) is 33.2 Å². The summed E-state index contributed by atoms with van der Waals surface area (Å²) in [5, 5.41) is 13.3. The van der Waals surface area contributed by atoms with Gasteiger partial charge in [-0.25, -0.2) is 4.68 Å². The fraction of sp³-hybridized carbons (Fsp3) is 0.387. The van der Waals surface area contributed by atoms with E-state index < -0.39 is 0 Å². The molecule has 0 amide bonds. The molecule has 7 rings (SSSR count). The van der Waals surface area contributed by atoms with Gasteiger partial charge in [-0.1, -0.05) is 35.5 Å². The van der Waals surface area contributed by atoms with Crippen LogP contribution in [0.5, 0.6) is 0 Å². The third-order valence-electron chi connectivity index (χ3n) is 8.50. The number of aromatic nitrogens is 5. The molecule has 5 aromatic rings. The fourth-order valence-corrected chi connectivity index (χ4v) is 6.62. The van der Waals surface area contributed by atoms with Gasteiger partial charge >= 0.3 is 0 Å². The van der Waals surface area contributed by atoms with Gasteiger partial charge in [-0.05, 0) is 55.5 Å². The maximum Gasteiger partial charge on any atom is 0.0961 e. The largest absolute Gasteiger partial charge is 0.381 e. The molecule has 0 bridgehead atoms. The number of pyridine rings is 1. The van der Waals surface area contributed by atoms with E-state index in [2.05, 4.69) is 79.7 Å². The van der Waals surface area contributed by atoms with Gasteiger partial charge in [0.05, 0.1) is 34.0 Å². The van der Waals surface area contributed by atoms with Gasteiger partial charge in [0.15, 0.2) is 0 Å². The number of piperazine rings is 1. The third kappa shape index (κ3) is 4.28. The highest BCUT2D eigenvalue weighted by molar-refractivity contribution is 6.08. The molecule has 8 nitrogen and oxygen atoms in total. The molecular formula is C31H35N7O. The zero-order valence-electron chi connectivity index (χ0n) is 22.7. The van der Waals surface area contributed by atoms with Crippen LogP contribution in [-0.4, -0.2) is 63.9 Å². The van der Waals surface area contributed by atoms with Crippen LogP contribution in [0.3, 0.4) is 0 Å². The molecule has 2 aliphatic heterocycles. The predicted octanol–water partition coefficient (Wildman–Crippen LogP) is 4.72. The molecule has 200 valence electrons. The van der Waals surface area contributed by atoms with Crippen LogP contribution in [0.15, 0.2) is 60.8 Å². The monoisotopic (exact) mass is 521 g/mol. The lowest BCUT2D eigenvalue weighted by molar-refractivity contribution is 0.0553. The molecule has 2 fully saturated rings. The molecule has 0 radical (unpaired) electrons. The Bertz CT molecular complexity index is 1590. The van der Waals surface area contributed by atoms with Gasteiger partial charge in [-0.3, -0.25) is 4.98 Å². The van der Waals surface area contributed by atoms with Crippen LogP contribution in [0, 0.1) is 12.8 Å². The molecule has 1 N–H and O–H groups in total. The Kier molecular flexibility index (Phi) is 6.29. The van der Waals surface area contributed by atoms with Crippen molar-refractivity contribution >= 4 is 27.6 Å². The van der Waals surface area contributed by atoms with Crippen LogP contribution < -0.4 is 10.2 Å². The van der Waals surface area contributed by atoms with Gasteiger partial charge < -0.3 is 19.5 Å². The van der Waals surface area contributed by atoms with Crippen LogP contribution in [0.1, 0.15) is 30.1 Å². The van der Waals surface area contributed by atoms with E-state index >= 15 is 0 Å². The maximum atomic E-state index is 5.81. The number of aryl methyl sites for hydroxylation is 2. The van der Waals surface area contributed by atoms with Crippen molar-refractivity contribution < 1.29 is 4.74 Å². The molecule has 5 heterocycles. The van der Waals surface area contributed by atoms with Gasteiger partial charge in [-0.2, -0.15) is 0 Å². The first kappa shape index (κ1) is 24.3. The van der Waals surface area contributed by atoms with Crippen molar-refractivity contribution in [1.82, 2.24) is 29.9 Å². The summed E-state index contributed by atoms with van der Waals surface area (Å²) in [4.78, 5) is 7.61. The Morgan fingerprint density at radius 1 is 0.974 bits per heavy atom. The normalized spacial score (nSPS) is 17.7. The number of benzene rings is 2. The van der Waals surface area contributed by atoms with Crippen molar-refractivity contribution in [2.24, 2.45) is 13.0 Å². The summed E-state index contributed by atoms with van der Waals surface area (Å²) in [6, 6.07) is 20.4. The van der Waals surface area contributed by atoms with Gasteiger partial charge in [0.25, 0.3) is 0 Å². The lowest BCUT2D eigenvalue weighted by Gasteiger charge is -2.33. The predicted molar refractivity (Wildman–Crippen MR) is 155 cm³/mol. The van der Waals surface area contributed by atoms with Crippen LogP contribution in [0.2, 0.25) is 0 Å². The molecule has 2 aliphatic rings. The Morgan fingerprint density at radius 2 is 1.77 bits per heavy atom. The average Bonchev–Trinajstić information content (AvgIpc) is 3.50. The van der Waals surface area contributed by atoms with Crippen molar-refractivity contribution in [1.29, 1.82) is 0 Å². The van der Waals surface area contributed by atoms with E-state index in [1.807, 2.05) is 24.9 Å². The molecule has 0 unspecified atom stereocenters. The number of hydrogen-bond donors (Lipinski definition) is 1. The minimum Gasteiger partial charge on any atom is -0.381 e. The van der Waals surface area contributed by atoms with Crippen LogP contribution in [0.4, 0.5) is 5.69 Å². The number of nitrogens with zero attached hydrogens (tertiary/aromatic N) is 6. The van der Waals surface area contributed by atoms with Crippen molar-refractivity contribution in [3.05, 3.63) is 72.1 Å². The molecule has 0 saturated carbocycles. The SMILES string of the molecule is Cc1nnn(C)c1-c1cnc2c3cc(N4CCNCC4)ccc3n([C@H](c3ccccc3)C3CCOCC3)c2c1. The van der Waals surface area contributed by atoms with E-state index in [1.165, 1.54) is 22.2 Å². The molecule has 39 heavy (non-hydrogen) atoms. The highest BCUT2D eigenvalue weighted by Crippen LogP contribution is 2.42. The number of hydrogen-bond acceptors (Lipinski definition) is 6. The molecule has 1 atom stereocenters. The first-order chi connectivity index (χ1) is 19.2. The maximum absolute atomic E-state index is 5.81. The van der Waals surface area contributed by atoms with E-state index in [4.69, 9.17) is 9.72 Å². The lowest BCUT2D eigenvalue weighted by Crippen LogP contribution is -2.43. The Hall–Kier alpha value is -3.75. The molecule has 8 heteroatoms. The van der Waals surface area contributed by atoms with Gasteiger partial charge in [0.2, 0.25) is 0 Å². The van der Waals surface area contributed by atoms with Gasteiger partial charge in [0.1, 0.15) is 0 Å². The first-order valence-corrected chi connectivity index (χ1v) is 14.1. The van der Waals surface area contributed by atoms with Crippen molar-refractivity contribution in [2.45, 2.75) is 25.8 Å². The summed E-state index contributed by atoms with van der Waals surface area (Å²) in [5.41, 5.74) is 8.98. The average molecular weight is 522 g/mol. The number of rotatable bonds is 5. The van der Waals surface area contributed by atoms with Crippen LogP contribution >= 0.6 is 0 Å². The molecule has 0 aliphatic carbocycles. The van der Waals surface area contributed by atoms with Crippen molar-refractivity contribution in [2.75, 3.05) is 44.3 Å². The molecule has 2 aromatic carbocycles. The van der Waals surface area contributed by atoms with E-state index in [1.54, 1.807) is 0 Å². The van der Waals surface area contributed by atoms with Crippen molar-refractivity contribution in [3.8, 4) is 11.3 Å². The second-order valence-electron chi connectivity index (χ2n) is 10.9. The zero-order valence-corrected chi connectivity index (χ0v) is 22.7.